The van der Waals surface area contributed by atoms with Crippen molar-refractivity contribution >= 4 is 11.6 Å². The van der Waals surface area contributed by atoms with E-state index in [0.29, 0.717) is 0 Å². The van der Waals surface area contributed by atoms with Crippen LogP contribution in [0.5, 0.6) is 0 Å². The smallest absolute Gasteiger partial charge is 0.282 e. The van der Waals surface area contributed by atoms with E-state index in [1.807, 2.05) is 6.07 Å². The predicted octanol–water partition coefficient (Wildman–Crippen LogP) is 4.29. The fraction of sp³-hybridized carbons (Fsp3) is 0.632. The summed E-state index contributed by atoms with van der Waals surface area (Å²) in [6.45, 7) is 12.7. The van der Waals surface area contributed by atoms with E-state index < -0.39 is 0 Å². The first-order chi connectivity index (χ1) is 10.4. The Labute approximate surface area is 136 Å². The molecule has 0 spiro atoms. The van der Waals surface area contributed by atoms with Gasteiger partial charge >= 0.3 is 0 Å². The molecule has 3 nitrogen and oxygen atoms in total. The van der Waals surface area contributed by atoms with Crippen LogP contribution in [-0.4, -0.2) is 36.6 Å². The molecule has 0 fully saturated rings. The molecule has 0 aliphatic heterocycles. The van der Waals surface area contributed by atoms with Crippen LogP contribution >= 0.6 is 0 Å². The standard InChI is InChI=1S/C19H32N2O/c1-7-11-17(21(6,9-3)14-8-2)19(22)20-18-15(4)12-10-13-16(18)5/h10,12-13,17H,7-9,11,14H2,1-6H3/p+1. The summed E-state index contributed by atoms with van der Waals surface area (Å²) in [4.78, 5) is 13.0. The molecule has 2 unspecified atom stereocenters. The van der Waals surface area contributed by atoms with Crippen LogP contribution in [-0.2, 0) is 4.79 Å². The van der Waals surface area contributed by atoms with Crippen molar-refractivity contribution in [2.75, 3.05) is 25.5 Å². The van der Waals surface area contributed by atoms with E-state index in [2.05, 4.69) is 59.1 Å². The molecule has 1 amide bonds. The third-order valence-corrected chi connectivity index (χ3v) is 4.80. The van der Waals surface area contributed by atoms with Crippen molar-refractivity contribution in [1.82, 2.24) is 0 Å². The monoisotopic (exact) mass is 305 g/mol. The SMILES string of the molecule is CCCC(C(=O)Nc1c(C)cccc1C)[N+](C)(CC)CCC. The van der Waals surface area contributed by atoms with E-state index in [1.54, 1.807) is 0 Å². The molecule has 0 saturated carbocycles. The van der Waals surface area contributed by atoms with Crippen LogP contribution in [0, 0.1) is 13.8 Å². The molecule has 2 atom stereocenters. The second-order valence-electron chi connectivity index (χ2n) is 6.58. The fourth-order valence-electron chi connectivity index (χ4n) is 3.26. The molecule has 1 aromatic rings. The van der Waals surface area contributed by atoms with Crippen LogP contribution in [0.3, 0.4) is 0 Å². The number of hydrogen-bond donors (Lipinski definition) is 1. The number of rotatable bonds is 8. The number of amides is 1. The summed E-state index contributed by atoms with van der Waals surface area (Å²) in [5.41, 5.74) is 3.24. The van der Waals surface area contributed by atoms with E-state index in [4.69, 9.17) is 0 Å². The van der Waals surface area contributed by atoms with Crippen molar-refractivity contribution in [1.29, 1.82) is 0 Å². The molecule has 0 radical (unpaired) electrons. The van der Waals surface area contributed by atoms with E-state index in [1.165, 1.54) is 0 Å². The number of para-hydroxylation sites is 1. The summed E-state index contributed by atoms with van der Waals surface area (Å²) < 4.78 is 0.821. The number of anilines is 1. The van der Waals surface area contributed by atoms with Gasteiger partial charge in [0.05, 0.1) is 20.1 Å². The molecule has 0 heterocycles. The molecule has 1 aromatic carbocycles. The Kier molecular flexibility index (Phi) is 7.08. The molecular weight excluding hydrogens is 272 g/mol. The second-order valence-corrected chi connectivity index (χ2v) is 6.58. The third kappa shape index (κ3) is 4.33. The first-order valence-electron chi connectivity index (χ1n) is 8.60. The Balaban J connectivity index is 3.03. The third-order valence-electron chi connectivity index (χ3n) is 4.80. The number of hydrogen-bond acceptors (Lipinski definition) is 1. The van der Waals surface area contributed by atoms with Crippen molar-refractivity contribution in [3.05, 3.63) is 29.3 Å². The lowest BCUT2D eigenvalue weighted by molar-refractivity contribution is -0.923. The summed E-state index contributed by atoms with van der Waals surface area (Å²) >= 11 is 0. The molecule has 1 N–H and O–H groups in total. The van der Waals surface area contributed by atoms with Gasteiger partial charge in [0.2, 0.25) is 0 Å². The summed E-state index contributed by atoms with van der Waals surface area (Å²) in [5, 5.41) is 3.21. The van der Waals surface area contributed by atoms with Gasteiger partial charge in [-0.05, 0) is 44.7 Å². The van der Waals surface area contributed by atoms with Crippen LogP contribution in [0.15, 0.2) is 18.2 Å². The Morgan fingerprint density at radius 1 is 1.14 bits per heavy atom. The molecule has 1 rings (SSSR count). The molecule has 124 valence electrons. The number of benzene rings is 1. The van der Waals surface area contributed by atoms with Gasteiger partial charge in [0.15, 0.2) is 6.04 Å². The number of quaternary nitrogens is 1. The van der Waals surface area contributed by atoms with Crippen LogP contribution in [0.4, 0.5) is 5.69 Å². The average molecular weight is 305 g/mol. The fourth-order valence-corrected chi connectivity index (χ4v) is 3.26. The Hall–Kier alpha value is -1.35. The number of carbonyl (C=O) groups excluding carboxylic acids is 1. The summed E-state index contributed by atoms with van der Waals surface area (Å²) in [6, 6.07) is 6.16. The van der Waals surface area contributed by atoms with Gasteiger partial charge in [0.1, 0.15) is 0 Å². The maximum Gasteiger partial charge on any atom is 0.282 e. The van der Waals surface area contributed by atoms with Gasteiger partial charge in [-0.2, -0.15) is 0 Å². The predicted molar refractivity (Wildman–Crippen MR) is 95.1 cm³/mol. The van der Waals surface area contributed by atoms with Crippen molar-refractivity contribution in [2.45, 2.75) is 59.9 Å². The lowest BCUT2D eigenvalue weighted by Crippen LogP contribution is -2.57. The van der Waals surface area contributed by atoms with Gasteiger partial charge in [0.25, 0.3) is 5.91 Å². The van der Waals surface area contributed by atoms with Gasteiger partial charge in [-0.15, -0.1) is 0 Å². The second kappa shape index (κ2) is 8.33. The minimum atomic E-state index is 0.0222. The Morgan fingerprint density at radius 2 is 1.73 bits per heavy atom. The van der Waals surface area contributed by atoms with Gasteiger partial charge < -0.3 is 9.80 Å². The minimum Gasteiger partial charge on any atom is -0.320 e. The highest BCUT2D eigenvalue weighted by molar-refractivity contribution is 5.95. The van der Waals surface area contributed by atoms with E-state index in [-0.39, 0.29) is 11.9 Å². The average Bonchev–Trinajstić information content (AvgIpc) is 2.48. The van der Waals surface area contributed by atoms with E-state index in [0.717, 1.165) is 53.6 Å². The first kappa shape index (κ1) is 18.7. The molecule has 0 aliphatic carbocycles. The molecule has 0 saturated heterocycles. The van der Waals surface area contributed by atoms with Crippen molar-refractivity contribution < 1.29 is 9.28 Å². The van der Waals surface area contributed by atoms with E-state index >= 15 is 0 Å². The highest BCUT2D eigenvalue weighted by Gasteiger charge is 2.36. The van der Waals surface area contributed by atoms with Crippen molar-refractivity contribution in [3.8, 4) is 0 Å². The van der Waals surface area contributed by atoms with Gasteiger partial charge in [-0.25, -0.2) is 0 Å². The quantitative estimate of drug-likeness (QED) is 0.713. The number of nitrogens with zero attached hydrogens (tertiary/aromatic N) is 1. The van der Waals surface area contributed by atoms with Gasteiger partial charge in [0, 0.05) is 12.1 Å². The molecule has 0 bridgehead atoms. The van der Waals surface area contributed by atoms with Crippen LogP contribution in [0.1, 0.15) is 51.2 Å². The number of nitrogens with one attached hydrogen (secondary N) is 1. The van der Waals surface area contributed by atoms with Crippen LogP contribution in [0.2, 0.25) is 0 Å². The number of aryl methyl sites for hydroxylation is 2. The molecular formula is C19H33N2O+. The summed E-state index contributed by atoms with van der Waals surface area (Å²) in [6.07, 6.45) is 3.06. The zero-order valence-electron chi connectivity index (χ0n) is 15.2. The maximum absolute atomic E-state index is 13.0. The molecule has 0 aromatic heterocycles. The zero-order chi connectivity index (χ0) is 16.8. The first-order valence-corrected chi connectivity index (χ1v) is 8.60. The minimum absolute atomic E-state index is 0.0222. The molecule has 22 heavy (non-hydrogen) atoms. The normalized spacial score (nSPS) is 15.2. The van der Waals surface area contributed by atoms with Crippen molar-refractivity contribution in [3.63, 3.8) is 0 Å². The lowest BCUT2D eigenvalue weighted by Gasteiger charge is -2.40. The van der Waals surface area contributed by atoms with E-state index in [9.17, 15) is 4.79 Å². The largest absolute Gasteiger partial charge is 0.320 e. The maximum atomic E-state index is 13.0. The Bertz CT molecular complexity index is 478. The number of carbonyl (C=O) groups is 1. The zero-order valence-corrected chi connectivity index (χ0v) is 15.2. The highest BCUT2D eigenvalue weighted by Crippen LogP contribution is 2.23. The lowest BCUT2D eigenvalue weighted by atomic mass is 10.0. The highest BCUT2D eigenvalue weighted by atomic mass is 16.2. The van der Waals surface area contributed by atoms with Gasteiger partial charge in [-0.3, -0.25) is 4.79 Å². The summed E-state index contributed by atoms with van der Waals surface area (Å²) in [7, 11) is 2.22. The van der Waals surface area contributed by atoms with Gasteiger partial charge in [-0.1, -0.05) is 32.0 Å². The summed E-state index contributed by atoms with van der Waals surface area (Å²) in [5.74, 6) is 0.164. The molecule has 3 heteroatoms. The topological polar surface area (TPSA) is 29.1 Å². The Morgan fingerprint density at radius 3 is 2.18 bits per heavy atom. The van der Waals surface area contributed by atoms with Crippen LogP contribution in [0.25, 0.3) is 0 Å². The van der Waals surface area contributed by atoms with Crippen LogP contribution < -0.4 is 5.32 Å². The number of likely N-dealkylation sites (N-methyl/N-ethyl adjacent to an activating group) is 1. The van der Waals surface area contributed by atoms with Crippen molar-refractivity contribution in [2.24, 2.45) is 0 Å². The molecule has 0 aliphatic rings.